The lowest BCUT2D eigenvalue weighted by molar-refractivity contribution is -0.137. The Labute approximate surface area is 178 Å². The van der Waals surface area contributed by atoms with Gasteiger partial charge in [-0.05, 0) is 48.3 Å². The SMILES string of the molecule is CC1(C)CC2CC(C)(CN2c2ncnc(Nc3cc(C(F)(F)F)ccc3Cl)c2N)C1. The van der Waals surface area contributed by atoms with E-state index in [1.165, 1.54) is 12.4 Å². The van der Waals surface area contributed by atoms with Crippen LogP contribution in [0.25, 0.3) is 0 Å². The molecule has 1 aromatic carbocycles. The number of nitrogens with two attached hydrogens (primary N) is 1. The van der Waals surface area contributed by atoms with E-state index in [1.807, 2.05) is 0 Å². The molecule has 2 heterocycles. The summed E-state index contributed by atoms with van der Waals surface area (Å²) in [7, 11) is 0. The van der Waals surface area contributed by atoms with Crippen LogP contribution in [0, 0.1) is 10.8 Å². The number of aromatic nitrogens is 2. The van der Waals surface area contributed by atoms with Gasteiger partial charge >= 0.3 is 6.18 Å². The number of nitrogens with zero attached hydrogens (tertiary/aromatic N) is 3. The van der Waals surface area contributed by atoms with Gasteiger partial charge in [-0.1, -0.05) is 32.4 Å². The van der Waals surface area contributed by atoms with Gasteiger partial charge in [-0.2, -0.15) is 13.2 Å². The van der Waals surface area contributed by atoms with Crippen molar-refractivity contribution in [1.82, 2.24) is 9.97 Å². The first-order valence-electron chi connectivity index (χ1n) is 9.88. The zero-order chi connectivity index (χ0) is 21.9. The van der Waals surface area contributed by atoms with E-state index in [0.29, 0.717) is 17.5 Å². The fraction of sp³-hybridized carbons (Fsp3) is 0.524. The molecule has 1 saturated heterocycles. The Hall–Kier alpha value is -2.22. The van der Waals surface area contributed by atoms with Gasteiger partial charge in [0.25, 0.3) is 0 Å². The van der Waals surface area contributed by atoms with E-state index in [2.05, 4.69) is 41.0 Å². The molecule has 9 heteroatoms. The minimum atomic E-state index is -4.47. The van der Waals surface area contributed by atoms with Crippen molar-refractivity contribution in [3.05, 3.63) is 35.1 Å². The highest BCUT2D eigenvalue weighted by Gasteiger charge is 2.50. The molecule has 0 radical (unpaired) electrons. The Balaban J connectivity index is 1.66. The van der Waals surface area contributed by atoms with Crippen molar-refractivity contribution in [2.75, 3.05) is 22.5 Å². The predicted molar refractivity (Wildman–Crippen MR) is 113 cm³/mol. The number of alkyl halides is 3. The average molecular weight is 440 g/mol. The summed E-state index contributed by atoms with van der Waals surface area (Å²) in [6.45, 7) is 7.70. The van der Waals surface area contributed by atoms with Gasteiger partial charge in [0, 0.05) is 12.6 Å². The molecule has 2 atom stereocenters. The summed E-state index contributed by atoms with van der Waals surface area (Å²) in [5, 5.41) is 3.01. The summed E-state index contributed by atoms with van der Waals surface area (Å²) < 4.78 is 39.2. The molecular weight excluding hydrogens is 415 g/mol. The number of halogens is 4. The highest BCUT2D eigenvalue weighted by molar-refractivity contribution is 6.33. The highest BCUT2D eigenvalue weighted by atomic mass is 35.5. The number of hydrogen-bond donors (Lipinski definition) is 2. The molecule has 2 fully saturated rings. The third-order valence-electron chi connectivity index (χ3n) is 6.10. The molecule has 1 aliphatic carbocycles. The van der Waals surface area contributed by atoms with E-state index in [1.54, 1.807) is 0 Å². The maximum Gasteiger partial charge on any atom is 0.416 e. The van der Waals surface area contributed by atoms with Gasteiger partial charge in [0.1, 0.15) is 12.0 Å². The second-order valence-corrected chi connectivity index (χ2v) is 10.0. The molecule has 0 amide bonds. The van der Waals surface area contributed by atoms with Gasteiger partial charge in [-0.15, -0.1) is 0 Å². The molecule has 0 spiro atoms. The summed E-state index contributed by atoms with van der Waals surface area (Å²) in [6, 6.07) is 3.42. The summed E-state index contributed by atoms with van der Waals surface area (Å²) >= 11 is 6.11. The number of nitrogens with one attached hydrogen (secondary N) is 1. The average Bonchev–Trinajstić information content (AvgIpc) is 2.86. The van der Waals surface area contributed by atoms with Crippen LogP contribution in [0.4, 0.5) is 36.2 Å². The highest BCUT2D eigenvalue weighted by Crippen LogP contribution is 2.54. The Bertz CT molecular complexity index is 978. The third kappa shape index (κ3) is 3.89. The van der Waals surface area contributed by atoms with E-state index in [9.17, 15) is 13.2 Å². The molecule has 2 aromatic rings. The van der Waals surface area contributed by atoms with Gasteiger partial charge in [-0.25, -0.2) is 9.97 Å². The van der Waals surface area contributed by atoms with Crippen molar-refractivity contribution in [2.24, 2.45) is 10.8 Å². The summed E-state index contributed by atoms with van der Waals surface area (Å²) in [5.41, 5.74) is 6.40. The van der Waals surface area contributed by atoms with Crippen LogP contribution in [0.3, 0.4) is 0 Å². The van der Waals surface area contributed by atoms with Crippen LogP contribution in [0.5, 0.6) is 0 Å². The molecule has 2 bridgehead atoms. The van der Waals surface area contributed by atoms with Gasteiger partial charge in [0.15, 0.2) is 11.6 Å². The normalized spacial score (nSPS) is 25.4. The standard InChI is InChI=1S/C21H25ClF3N5/c1-19(2)7-13-8-20(3,9-19)10-30(13)18-16(26)17(27-11-28-18)29-15-6-12(21(23,24)25)4-5-14(15)22/h4-6,11,13H,7-10,26H2,1-3H3,(H,27,28,29). The van der Waals surface area contributed by atoms with E-state index < -0.39 is 11.7 Å². The van der Waals surface area contributed by atoms with Crippen molar-refractivity contribution >= 4 is 34.6 Å². The van der Waals surface area contributed by atoms with Crippen LogP contribution in [0.15, 0.2) is 24.5 Å². The number of anilines is 4. The van der Waals surface area contributed by atoms with Crippen molar-refractivity contribution in [3.63, 3.8) is 0 Å². The molecule has 162 valence electrons. The van der Waals surface area contributed by atoms with E-state index in [0.717, 1.165) is 37.9 Å². The number of benzene rings is 1. The van der Waals surface area contributed by atoms with Crippen LogP contribution in [-0.2, 0) is 6.18 Å². The minimum absolute atomic E-state index is 0.0936. The van der Waals surface area contributed by atoms with E-state index in [-0.39, 0.29) is 27.4 Å². The zero-order valence-electron chi connectivity index (χ0n) is 17.1. The maximum absolute atomic E-state index is 13.1. The molecule has 2 aliphatic rings. The first-order valence-corrected chi connectivity index (χ1v) is 10.3. The lowest BCUT2D eigenvalue weighted by atomic mass is 9.65. The molecule has 2 unspecified atom stereocenters. The van der Waals surface area contributed by atoms with Crippen molar-refractivity contribution < 1.29 is 13.2 Å². The fourth-order valence-corrected chi connectivity index (χ4v) is 5.51. The number of fused-ring (bicyclic) bond motifs is 2. The maximum atomic E-state index is 13.1. The Morgan fingerprint density at radius 3 is 2.63 bits per heavy atom. The first-order chi connectivity index (χ1) is 13.9. The Kier molecular flexibility index (Phi) is 4.84. The van der Waals surface area contributed by atoms with Crippen molar-refractivity contribution in [1.29, 1.82) is 0 Å². The zero-order valence-corrected chi connectivity index (χ0v) is 17.9. The molecule has 1 aromatic heterocycles. The lowest BCUT2D eigenvalue weighted by Gasteiger charge is -2.39. The minimum Gasteiger partial charge on any atom is -0.393 e. The first kappa shape index (κ1) is 21.0. The summed E-state index contributed by atoms with van der Waals surface area (Å²) in [5.74, 6) is 0.856. The van der Waals surface area contributed by atoms with Gasteiger partial charge in [0.2, 0.25) is 0 Å². The summed E-state index contributed by atoms with van der Waals surface area (Å²) in [4.78, 5) is 10.8. The molecule has 5 nitrogen and oxygen atoms in total. The van der Waals surface area contributed by atoms with E-state index in [4.69, 9.17) is 17.3 Å². The largest absolute Gasteiger partial charge is 0.416 e. The molecule has 1 saturated carbocycles. The van der Waals surface area contributed by atoms with Crippen LogP contribution < -0.4 is 16.0 Å². The Morgan fingerprint density at radius 1 is 1.20 bits per heavy atom. The number of hydrogen-bond acceptors (Lipinski definition) is 5. The molecule has 4 rings (SSSR count). The van der Waals surface area contributed by atoms with Crippen molar-refractivity contribution in [3.8, 4) is 0 Å². The Morgan fingerprint density at radius 2 is 1.93 bits per heavy atom. The van der Waals surface area contributed by atoms with Crippen molar-refractivity contribution in [2.45, 2.75) is 52.3 Å². The van der Waals surface area contributed by atoms with Gasteiger partial charge < -0.3 is 16.0 Å². The predicted octanol–water partition coefficient (Wildman–Crippen LogP) is 5.88. The quantitative estimate of drug-likeness (QED) is 0.625. The topological polar surface area (TPSA) is 67.1 Å². The van der Waals surface area contributed by atoms with Crippen LogP contribution in [-0.4, -0.2) is 22.6 Å². The van der Waals surface area contributed by atoms with Gasteiger partial charge in [0.05, 0.1) is 16.3 Å². The summed E-state index contributed by atoms with van der Waals surface area (Å²) in [6.07, 6.45) is 0.142. The monoisotopic (exact) mass is 439 g/mol. The molecule has 3 N–H and O–H groups in total. The third-order valence-corrected chi connectivity index (χ3v) is 6.43. The number of rotatable bonds is 3. The second-order valence-electron chi connectivity index (χ2n) is 9.62. The number of nitrogen functional groups attached to an aromatic ring is 1. The van der Waals surface area contributed by atoms with Crippen LogP contribution >= 0.6 is 11.6 Å². The smallest absolute Gasteiger partial charge is 0.393 e. The van der Waals surface area contributed by atoms with Gasteiger partial charge in [-0.3, -0.25) is 0 Å². The molecule has 1 aliphatic heterocycles. The van der Waals surface area contributed by atoms with E-state index >= 15 is 0 Å². The lowest BCUT2D eigenvalue weighted by Crippen LogP contribution is -2.35. The fourth-order valence-electron chi connectivity index (χ4n) is 5.35. The van der Waals surface area contributed by atoms with Crippen LogP contribution in [0.1, 0.15) is 45.6 Å². The second kappa shape index (κ2) is 6.90. The molecular formula is C21H25ClF3N5. The van der Waals surface area contributed by atoms with Crippen LogP contribution in [0.2, 0.25) is 5.02 Å². The molecule has 30 heavy (non-hydrogen) atoms.